The van der Waals surface area contributed by atoms with E-state index in [1.165, 1.54) is 0 Å². The van der Waals surface area contributed by atoms with E-state index in [1.54, 1.807) is 6.33 Å². The second-order valence-electron chi connectivity index (χ2n) is 6.61. The summed E-state index contributed by atoms with van der Waals surface area (Å²) in [7, 11) is 0. The highest BCUT2D eigenvalue weighted by molar-refractivity contribution is 5.94. The monoisotopic (exact) mass is 374 g/mol. The molecule has 0 aliphatic carbocycles. The molecule has 1 aromatic heterocycles. The second kappa shape index (κ2) is 8.63. The molecular formula is C22H22N4O2. The van der Waals surface area contributed by atoms with Crippen molar-refractivity contribution < 1.29 is 9.53 Å². The third-order valence-electron chi connectivity index (χ3n) is 4.73. The molecule has 2 aromatic carbocycles. The fourth-order valence-corrected chi connectivity index (χ4v) is 3.14. The van der Waals surface area contributed by atoms with Gasteiger partial charge in [-0.25, -0.2) is 9.97 Å². The van der Waals surface area contributed by atoms with Gasteiger partial charge in [-0.2, -0.15) is 0 Å². The minimum atomic E-state index is -0.0907. The Kier molecular flexibility index (Phi) is 5.58. The number of hydrogen-bond acceptors (Lipinski definition) is 5. The first kappa shape index (κ1) is 18.1. The quantitative estimate of drug-likeness (QED) is 0.744. The van der Waals surface area contributed by atoms with Crippen molar-refractivity contribution in [1.29, 1.82) is 0 Å². The molecule has 1 N–H and O–H groups in total. The summed E-state index contributed by atoms with van der Waals surface area (Å²) in [5, 5.41) is 2.94. The average Bonchev–Trinajstić information content (AvgIpc) is 2.79. The van der Waals surface area contributed by atoms with E-state index < -0.39 is 0 Å². The van der Waals surface area contributed by atoms with Crippen molar-refractivity contribution in [2.45, 2.75) is 6.54 Å². The summed E-state index contributed by atoms with van der Waals surface area (Å²) >= 11 is 0. The second-order valence-corrected chi connectivity index (χ2v) is 6.61. The van der Waals surface area contributed by atoms with E-state index in [1.807, 2.05) is 60.7 Å². The molecule has 6 nitrogen and oxygen atoms in total. The lowest BCUT2D eigenvalue weighted by atomic mass is 10.1. The van der Waals surface area contributed by atoms with Crippen molar-refractivity contribution in [3.05, 3.63) is 78.1 Å². The Labute approximate surface area is 164 Å². The van der Waals surface area contributed by atoms with E-state index in [4.69, 9.17) is 4.74 Å². The molecule has 6 heteroatoms. The first-order valence-corrected chi connectivity index (χ1v) is 9.37. The average molecular weight is 374 g/mol. The van der Waals surface area contributed by atoms with E-state index in [0.717, 1.165) is 35.7 Å². The minimum absolute atomic E-state index is 0.0907. The lowest BCUT2D eigenvalue weighted by Crippen LogP contribution is -2.36. The molecule has 142 valence electrons. The highest BCUT2D eigenvalue weighted by atomic mass is 16.5. The van der Waals surface area contributed by atoms with E-state index in [-0.39, 0.29) is 5.91 Å². The van der Waals surface area contributed by atoms with E-state index in [0.29, 0.717) is 25.3 Å². The van der Waals surface area contributed by atoms with Gasteiger partial charge >= 0.3 is 0 Å². The molecule has 1 saturated heterocycles. The Morgan fingerprint density at radius 1 is 1.00 bits per heavy atom. The molecule has 0 spiro atoms. The number of carbonyl (C=O) groups excluding carboxylic acids is 1. The number of morpholine rings is 1. The molecule has 0 bridgehead atoms. The van der Waals surface area contributed by atoms with Crippen molar-refractivity contribution in [1.82, 2.24) is 15.3 Å². The van der Waals surface area contributed by atoms with Crippen LogP contribution in [-0.4, -0.2) is 42.2 Å². The zero-order valence-electron chi connectivity index (χ0n) is 15.5. The molecule has 0 radical (unpaired) electrons. The number of nitrogens with one attached hydrogen (secondary N) is 1. The number of aromatic nitrogens is 2. The van der Waals surface area contributed by atoms with Crippen LogP contribution >= 0.6 is 0 Å². The fourth-order valence-electron chi connectivity index (χ4n) is 3.14. The summed E-state index contributed by atoms with van der Waals surface area (Å²) in [6.07, 6.45) is 1.58. The predicted molar refractivity (Wildman–Crippen MR) is 108 cm³/mol. The van der Waals surface area contributed by atoms with Crippen LogP contribution in [-0.2, 0) is 11.3 Å². The van der Waals surface area contributed by atoms with Crippen LogP contribution in [0.3, 0.4) is 0 Å². The summed E-state index contributed by atoms with van der Waals surface area (Å²) in [6.45, 7) is 3.60. The van der Waals surface area contributed by atoms with Crippen LogP contribution < -0.4 is 10.2 Å². The van der Waals surface area contributed by atoms with Crippen LogP contribution in [0.4, 0.5) is 5.82 Å². The topological polar surface area (TPSA) is 67.4 Å². The summed E-state index contributed by atoms with van der Waals surface area (Å²) in [6, 6.07) is 19.3. The third kappa shape index (κ3) is 4.35. The number of carbonyl (C=O) groups is 1. The van der Waals surface area contributed by atoms with Crippen LogP contribution in [0.2, 0.25) is 0 Å². The number of nitrogens with zero attached hydrogens (tertiary/aromatic N) is 3. The summed E-state index contributed by atoms with van der Waals surface area (Å²) in [4.78, 5) is 23.3. The molecule has 1 fully saturated rings. The molecule has 1 aliphatic heterocycles. The molecule has 28 heavy (non-hydrogen) atoms. The number of amides is 1. The zero-order valence-corrected chi connectivity index (χ0v) is 15.5. The molecule has 4 rings (SSSR count). The van der Waals surface area contributed by atoms with Gasteiger partial charge in [-0.15, -0.1) is 0 Å². The molecular weight excluding hydrogens is 352 g/mol. The van der Waals surface area contributed by atoms with E-state index >= 15 is 0 Å². The first-order chi connectivity index (χ1) is 13.8. The number of benzene rings is 2. The smallest absolute Gasteiger partial charge is 0.251 e. The molecule has 0 unspecified atom stereocenters. The number of rotatable bonds is 5. The molecule has 0 atom stereocenters. The standard InChI is InChI=1S/C22H22N4O2/c27-22(23-15-17-4-2-1-3-5-17)19-8-6-18(7-9-19)20-14-21(25-16-24-20)26-10-12-28-13-11-26/h1-9,14,16H,10-13,15H2,(H,23,27). The Balaban J connectivity index is 1.43. The normalized spacial score (nSPS) is 13.9. The van der Waals surface area contributed by atoms with Crippen molar-refractivity contribution in [3.8, 4) is 11.3 Å². The molecule has 1 amide bonds. The Morgan fingerprint density at radius 2 is 1.75 bits per heavy atom. The van der Waals surface area contributed by atoms with Gasteiger partial charge in [0.15, 0.2) is 0 Å². The summed E-state index contributed by atoms with van der Waals surface area (Å²) < 4.78 is 5.40. The summed E-state index contributed by atoms with van der Waals surface area (Å²) in [5.74, 6) is 0.810. The third-order valence-corrected chi connectivity index (χ3v) is 4.73. The highest BCUT2D eigenvalue weighted by Gasteiger charge is 2.14. The van der Waals surface area contributed by atoms with Crippen molar-refractivity contribution in [2.24, 2.45) is 0 Å². The van der Waals surface area contributed by atoms with Crippen molar-refractivity contribution in [3.63, 3.8) is 0 Å². The molecule has 0 saturated carbocycles. The van der Waals surface area contributed by atoms with Gasteiger partial charge < -0.3 is 15.0 Å². The van der Waals surface area contributed by atoms with Gasteiger partial charge in [-0.05, 0) is 17.7 Å². The van der Waals surface area contributed by atoms with Gasteiger partial charge in [0, 0.05) is 36.8 Å². The maximum atomic E-state index is 12.4. The number of hydrogen-bond donors (Lipinski definition) is 1. The van der Waals surface area contributed by atoms with Crippen molar-refractivity contribution in [2.75, 3.05) is 31.2 Å². The minimum Gasteiger partial charge on any atom is -0.378 e. The van der Waals surface area contributed by atoms with E-state index in [2.05, 4.69) is 20.2 Å². The van der Waals surface area contributed by atoms with Gasteiger partial charge in [0.2, 0.25) is 0 Å². The Bertz CT molecular complexity index is 923. The maximum absolute atomic E-state index is 12.4. The first-order valence-electron chi connectivity index (χ1n) is 9.37. The number of ether oxygens (including phenoxy) is 1. The largest absolute Gasteiger partial charge is 0.378 e. The lowest BCUT2D eigenvalue weighted by Gasteiger charge is -2.27. The molecule has 2 heterocycles. The zero-order chi connectivity index (χ0) is 19.2. The summed E-state index contributed by atoms with van der Waals surface area (Å²) in [5.41, 5.74) is 3.50. The van der Waals surface area contributed by atoms with Gasteiger partial charge in [0.25, 0.3) is 5.91 Å². The molecule has 3 aromatic rings. The fraction of sp³-hybridized carbons (Fsp3) is 0.227. The van der Waals surface area contributed by atoms with Crippen molar-refractivity contribution >= 4 is 11.7 Å². The highest BCUT2D eigenvalue weighted by Crippen LogP contribution is 2.22. The Hall–Kier alpha value is -3.25. The van der Waals surface area contributed by atoms with Crippen LogP contribution in [0.5, 0.6) is 0 Å². The van der Waals surface area contributed by atoms with E-state index in [9.17, 15) is 4.79 Å². The predicted octanol–water partition coefficient (Wildman–Crippen LogP) is 2.91. The van der Waals surface area contributed by atoms with Gasteiger partial charge in [0.05, 0.1) is 18.9 Å². The van der Waals surface area contributed by atoms with Gasteiger partial charge in [0.1, 0.15) is 12.1 Å². The van der Waals surface area contributed by atoms with Gasteiger partial charge in [-0.1, -0.05) is 42.5 Å². The SMILES string of the molecule is O=C(NCc1ccccc1)c1ccc(-c2cc(N3CCOCC3)ncn2)cc1. The number of anilines is 1. The van der Waals surface area contributed by atoms with Crippen LogP contribution in [0, 0.1) is 0 Å². The van der Waals surface area contributed by atoms with Gasteiger partial charge in [-0.3, -0.25) is 4.79 Å². The molecule has 1 aliphatic rings. The van der Waals surface area contributed by atoms with Crippen LogP contribution in [0.1, 0.15) is 15.9 Å². The van der Waals surface area contributed by atoms with Crippen LogP contribution in [0.25, 0.3) is 11.3 Å². The maximum Gasteiger partial charge on any atom is 0.251 e. The van der Waals surface area contributed by atoms with Crippen LogP contribution in [0.15, 0.2) is 67.0 Å². The lowest BCUT2D eigenvalue weighted by molar-refractivity contribution is 0.0951. The Morgan fingerprint density at radius 3 is 2.50 bits per heavy atom.